The van der Waals surface area contributed by atoms with Crippen molar-refractivity contribution in [1.82, 2.24) is 9.88 Å². The molecule has 0 spiro atoms. The van der Waals surface area contributed by atoms with Gasteiger partial charge in [0.1, 0.15) is 0 Å². The van der Waals surface area contributed by atoms with E-state index in [0.717, 1.165) is 14.4 Å². The first-order valence-electron chi connectivity index (χ1n) is 6.83. The van der Waals surface area contributed by atoms with Gasteiger partial charge in [-0.05, 0) is 39.5 Å². The summed E-state index contributed by atoms with van der Waals surface area (Å²) < 4.78 is 0.882. The van der Waals surface area contributed by atoms with Crippen molar-refractivity contribution >= 4 is 66.9 Å². The Morgan fingerprint density at radius 2 is 2.12 bits per heavy atom. The molecule has 0 saturated carbocycles. The second kappa shape index (κ2) is 7.56. The number of hydrogen-bond acceptors (Lipinski definition) is 6. The van der Waals surface area contributed by atoms with Crippen LogP contribution >= 0.6 is 49.9 Å². The average Bonchev–Trinajstić information content (AvgIpc) is 3.26. The Kier molecular flexibility index (Phi) is 5.44. The van der Waals surface area contributed by atoms with Gasteiger partial charge < -0.3 is 10.2 Å². The van der Waals surface area contributed by atoms with Crippen molar-refractivity contribution in [3.63, 3.8) is 0 Å². The van der Waals surface area contributed by atoms with E-state index in [0.29, 0.717) is 10.0 Å². The smallest absolute Gasteiger partial charge is 0.264 e. The molecule has 5 nitrogen and oxygen atoms in total. The normalized spacial score (nSPS) is 10.6. The van der Waals surface area contributed by atoms with Crippen LogP contribution in [0, 0.1) is 0 Å². The summed E-state index contributed by atoms with van der Waals surface area (Å²) in [5, 5.41) is 7.16. The molecule has 3 rings (SSSR count). The fourth-order valence-corrected chi connectivity index (χ4v) is 4.80. The predicted octanol–water partition coefficient (Wildman–Crippen LogP) is 4.41. The maximum Gasteiger partial charge on any atom is 0.264 e. The molecular formula is C15H12BrN3O2S3. The second-order valence-electron chi connectivity index (χ2n) is 4.83. The molecule has 0 aliphatic heterocycles. The first-order valence-corrected chi connectivity index (χ1v) is 10.2. The van der Waals surface area contributed by atoms with Crippen molar-refractivity contribution in [2.75, 3.05) is 18.9 Å². The van der Waals surface area contributed by atoms with E-state index in [9.17, 15) is 9.59 Å². The topological polar surface area (TPSA) is 62.3 Å². The van der Waals surface area contributed by atoms with E-state index in [2.05, 4.69) is 26.2 Å². The standard InChI is InChI=1S/C15H12BrN3O2S3/c1-19(14(21)11-4-5-12(16)24-11)7-13(20)18-15-17-9(8-23-15)10-3-2-6-22-10/h2-6,8H,7H2,1H3,(H,17,18,20). The van der Waals surface area contributed by atoms with Crippen LogP contribution < -0.4 is 5.32 Å². The average molecular weight is 442 g/mol. The fourth-order valence-electron chi connectivity index (χ4n) is 1.93. The van der Waals surface area contributed by atoms with Crippen LogP contribution in [-0.4, -0.2) is 35.3 Å². The minimum Gasteiger partial charge on any atom is -0.332 e. The van der Waals surface area contributed by atoms with E-state index in [-0.39, 0.29) is 18.4 Å². The highest BCUT2D eigenvalue weighted by Gasteiger charge is 2.17. The van der Waals surface area contributed by atoms with Crippen LogP contribution in [0.15, 0.2) is 38.8 Å². The summed E-state index contributed by atoms with van der Waals surface area (Å²) in [6, 6.07) is 7.49. The number of nitrogens with zero attached hydrogens (tertiary/aromatic N) is 2. The van der Waals surface area contributed by atoms with Crippen molar-refractivity contribution in [1.29, 1.82) is 0 Å². The molecule has 0 unspecified atom stereocenters. The molecule has 0 fully saturated rings. The Morgan fingerprint density at radius 3 is 2.79 bits per heavy atom. The zero-order chi connectivity index (χ0) is 17.1. The summed E-state index contributed by atoms with van der Waals surface area (Å²) in [4.78, 5) is 31.8. The SMILES string of the molecule is CN(CC(=O)Nc1nc(-c2cccs2)cs1)C(=O)c1ccc(Br)s1. The van der Waals surface area contributed by atoms with Crippen molar-refractivity contribution < 1.29 is 9.59 Å². The first-order chi connectivity index (χ1) is 11.5. The number of amides is 2. The number of aromatic nitrogens is 1. The van der Waals surface area contributed by atoms with Gasteiger partial charge in [0.2, 0.25) is 5.91 Å². The van der Waals surface area contributed by atoms with Gasteiger partial charge in [0.25, 0.3) is 5.91 Å². The minimum absolute atomic E-state index is 0.0255. The Bertz CT molecular complexity index is 857. The maximum atomic E-state index is 12.2. The lowest BCUT2D eigenvalue weighted by atomic mass is 10.4. The molecule has 2 amide bonds. The van der Waals surface area contributed by atoms with Crippen LogP contribution in [0.4, 0.5) is 5.13 Å². The molecule has 0 aliphatic rings. The summed E-state index contributed by atoms with van der Waals surface area (Å²) in [6.07, 6.45) is 0. The molecule has 0 saturated heterocycles. The maximum absolute atomic E-state index is 12.2. The van der Waals surface area contributed by atoms with E-state index in [4.69, 9.17) is 0 Å². The number of likely N-dealkylation sites (N-methyl/N-ethyl adjacent to an activating group) is 1. The highest BCUT2D eigenvalue weighted by atomic mass is 79.9. The van der Waals surface area contributed by atoms with Gasteiger partial charge in [0, 0.05) is 12.4 Å². The van der Waals surface area contributed by atoms with E-state index in [1.54, 1.807) is 24.5 Å². The van der Waals surface area contributed by atoms with Crippen LogP contribution in [0.5, 0.6) is 0 Å². The summed E-state index contributed by atoms with van der Waals surface area (Å²) >= 11 is 7.63. The molecular weight excluding hydrogens is 430 g/mol. The Morgan fingerprint density at radius 1 is 1.29 bits per heavy atom. The van der Waals surface area contributed by atoms with Crippen LogP contribution in [-0.2, 0) is 4.79 Å². The van der Waals surface area contributed by atoms with E-state index >= 15 is 0 Å². The molecule has 3 heterocycles. The molecule has 9 heteroatoms. The number of halogens is 1. The third kappa shape index (κ3) is 4.10. The zero-order valence-corrected chi connectivity index (χ0v) is 16.5. The Balaban J connectivity index is 1.58. The zero-order valence-electron chi connectivity index (χ0n) is 12.5. The molecule has 1 N–H and O–H groups in total. The number of thiophene rings is 2. The highest BCUT2D eigenvalue weighted by molar-refractivity contribution is 9.11. The number of carbonyl (C=O) groups excluding carboxylic acids is 2. The lowest BCUT2D eigenvalue weighted by molar-refractivity contribution is -0.116. The van der Waals surface area contributed by atoms with Gasteiger partial charge >= 0.3 is 0 Å². The molecule has 0 aromatic carbocycles. The van der Waals surface area contributed by atoms with Gasteiger partial charge in [-0.25, -0.2) is 4.98 Å². The molecule has 0 atom stereocenters. The van der Waals surface area contributed by atoms with Crippen LogP contribution in [0.2, 0.25) is 0 Å². The quantitative estimate of drug-likeness (QED) is 0.637. The molecule has 24 heavy (non-hydrogen) atoms. The van der Waals surface area contributed by atoms with Crippen LogP contribution in [0.25, 0.3) is 10.6 Å². The van der Waals surface area contributed by atoms with Gasteiger partial charge in [0.15, 0.2) is 5.13 Å². The molecule has 3 aromatic rings. The summed E-state index contributed by atoms with van der Waals surface area (Å²) in [6.45, 7) is -0.0255. The molecule has 124 valence electrons. The van der Waals surface area contributed by atoms with Gasteiger partial charge in [-0.3, -0.25) is 9.59 Å². The van der Waals surface area contributed by atoms with Crippen molar-refractivity contribution in [2.45, 2.75) is 0 Å². The lowest BCUT2D eigenvalue weighted by Crippen LogP contribution is -2.34. The third-order valence-corrected chi connectivity index (χ3v) is 6.30. The number of carbonyl (C=O) groups is 2. The highest BCUT2D eigenvalue weighted by Crippen LogP contribution is 2.28. The molecule has 0 aliphatic carbocycles. The van der Waals surface area contributed by atoms with E-state index in [1.807, 2.05) is 29.0 Å². The van der Waals surface area contributed by atoms with Gasteiger partial charge in [-0.15, -0.1) is 34.0 Å². The number of anilines is 1. The van der Waals surface area contributed by atoms with Gasteiger partial charge in [0.05, 0.1) is 25.8 Å². The minimum atomic E-state index is -0.270. The summed E-state index contributed by atoms with van der Waals surface area (Å²) in [7, 11) is 1.61. The second-order valence-corrected chi connectivity index (χ2v) is 9.10. The monoisotopic (exact) mass is 441 g/mol. The predicted molar refractivity (Wildman–Crippen MR) is 103 cm³/mol. The van der Waals surface area contributed by atoms with E-state index in [1.165, 1.54) is 27.6 Å². The third-order valence-electron chi connectivity index (χ3n) is 3.04. The van der Waals surface area contributed by atoms with Crippen LogP contribution in [0.3, 0.4) is 0 Å². The largest absolute Gasteiger partial charge is 0.332 e. The summed E-state index contributed by atoms with van der Waals surface area (Å²) in [5.74, 6) is -0.451. The Hall–Kier alpha value is -1.55. The number of hydrogen-bond donors (Lipinski definition) is 1. The molecule has 0 bridgehead atoms. The van der Waals surface area contributed by atoms with Crippen molar-refractivity contribution in [2.24, 2.45) is 0 Å². The van der Waals surface area contributed by atoms with E-state index < -0.39 is 0 Å². The molecule has 3 aromatic heterocycles. The van der Waals surface area contributed by atoms with Gasteiger partial charge in [-0.2, -0.15) is 0 Å². The fraction of sp³-hybridized carbons (Fsp3) is 0.133. The first kappa shape index (κ1) is 17.3. The number of nitrogens with one attached hydrogen (secondary N) is 1. The van der Waals surface area contributed by atoms with Crippen molar-refractivity contribution in [3.05, 3.63) is 43.7 Å². The molecule has 0 radical (unpaired) electrons. The number of rotatable bonds is 5. The lowest BCUT2D eigenvalue weighted by Gasteiger charge is -2.15. The number of thiazole rings is 1. The van der Waals surface area contributed by atoms with Crippen LogP contribution in [0.1, 0.15) is 9.67 Å². The summed E-state index contributed by atoms with van der Waals surface area (Å²) in [5.41, 5.74) is 0.846. The van der Waals surface area contributed by atoms with Crippen molar-refractivity contribution in [3.8, 4) is 10.6 Å². The Labute approximate surface area is 159 Å². The van der Waals surface area contributed by atoms with Gasteiger partial charge in [-0.1, -0.05) is 6.07 Å².